The van der Waals surface area contributed by atoms with Gasteiger partial charge in [-0.3, -0.25) is 9.59 Å². The van der Waals surface area contributed by atoms with Crippen LogP contribution in [-0.4, -0.2) is 16.8 Å². The molecule has 0 saturated carbocycles. The Bertz CT molecular complexity index is 796. The molecule has 1 atom stereocenters. The molecule has 0 aliphatic carbocycles. The number of hydrogen-bond donors (Lipinski definition) is 2. The second kappa shape index (κ2) is 5.82. The first-order valence-corrected chi connectivity index (χ1v) is 7.40. The molecule has 2 aromatic rings. The summed E-state index contributed by atoms with van der Waals surface area (Å²) in [6.07, 6.45) is 2.79. The van der Waals surface area contributed by atoms with Gasteiger partial charge in [-0.05, 0) is 24.6 Å². The second-order valence-corrected chi connectivity index (χ2v) is 5.75. The van der Waals surface area contributed by atoms with E-state index in [4.69, 9.17) is 0 Å². The first-order valence-electron chi connectivity index (χ1n) is 7.40. The fourth-order valence-electron chi connectivity index (χ4n) is 2.70. The number of carbonyl (C=O) groups excluding carboxylic acids is 2. The van der Waals surface area contributed by atoms with Crippen molar-refractivity contribution in [3.63, 3.8) is 0 Å². The zero-order valence-corrected chi connectivity index (χ0v) is 12.7. The van der Waals surface area contributed by atoms with Crippen LogP contribution in [0.2, 0.25) is 0 Å². The van der Waals surface area contributed by atoms with E-state index in [9.17, 15) is 14.7 Å². The third-order valence-corrected chi connectivity index (χ3v) is 3.94. The van der Waals surface area contributed by atoms with E-state index in [2.05, 4.69) is 5.32 Å². The summed E-state index contributed by atoms with van der Waals surface area (Å²) in [5.41, 5.74) is 1.03. The quantitative estimate of drug-likeness (QED) is 0.854. The number of anilines is 1. The topological polar surface area (TPSA) is 66.4 Å². The molecule has 4 heteroatoms. The van der Waals surface area contributed by atoms with Crippen molar-refractivity contribution in [3.8, 4) is 0 Å². The highest BCUT2D eigenvalue weighted by Gasteiger charge is 2.46. The van der Waals surface area contributed by atoms with Crippen LogP contribution in [0.1, 0.15) is 23.1 Å². The molecular formula is C19H17NO3. The molecule has 1 aliphatic heterocycles. The predicted octanol–water partition coefficient (Wildman–Crippen LogP) is 2.81. The van der Waals surface area contributed by atoms with Crippen LogP contribution in [0.5, 0.6) is 0 Å². The standard InChI is InChI=1S/C19H17NO3/c1-13-7-10-17-16(11-13)19(23,18(22)20-17)12-15(21)9-8-14-5-3-2-4-6-14/h2-11,23H,12H2,1H3,(H,20,22)/b9-8+/t19-/m1/s1. The van der Waals surface area contributed by atoms with Crippen molar-refractivity contribution in [2.45, 2.75) is 18.9 Å². The molecule has 3 rings (SSSR count). The van der Waals surface area contributed by atoms with Crippen molar-refractivity contribution in [2.24, 2.45) is 0 Å². The Balaban J connectivity index is 1.82. The Kier molecular flexibility index (Phi) is 3.84. The van der Waals surface area contributed by atoms with Gasteiger partial charge in [-0.1, -0.05) is 54.1 Å². The molecule has 0 radical (unpaired) electrons. The zero-order valence-electron chi connectivity index (χ0n) is 12.7. The smallest absolute Gasteiger partial charge is 0.261 e. The molecule has 0 spiro atoms. The summed E-state index contributed by atoms with van der Waals surface area (Å²) < 4.78 is 0. The fourth-order valence-corrected chi connectivity index (χ4v) is 2.70. The lowest BCUT2D eigenvalue weighted by Crippen LogP contribution is -2.36. The highest BCUT2D eigenvalue weighted by molar-refractivity contribution is 6.08. The number of aryl methyl sites for hydroxylation is 1. The van der Waals surface area contributed by atoms with E-state index in [0.29, 0.717) is 11.3 Å². The normalized spacial score (nSPS) is 19.7. The molecule has 1 aliphatic rings. The van der Waals surface area contributed by atoms with E-state index in [1.165, 1.54) is 6.08 Å². The van der Waals surface area contributed by atoms with E-state index in [-0.39, 0.29) is 12.2 Å². The van der Waals surface area contributed by atoms with E-state index < -0.39 is 11.5 Å². The molecule has 0 unspecified atom stereocenters. The van der Waals surface area contributed by atoms with E-state index in [1.54, 1.807) is 18.2 Å². The number of nitrogens with one attached hydrogen (secondary N) is 1. The summed E-state index contributed by atoms with van der Waals surface area (Å²) in [5, 5.41) is 13.4. The predicted molar refractivity (Wildman–Crippen MR) is 88.8 cm³/mol. The summed E-state index contributed by atoms with van der Waals surface area (Å²) in [7, 11) is 0. The Morgan fingerprint density at radius 2 is 1.96 bits per heavy atom. The molecule has 2 aromatic carbocycles. The summed E-state index contributed by atoms with van der Waals surface area (Å²) in [4.78, 5) is 24.3. The van der Waals surface area contributed by atoms with Crippen LogP contribution in [0.3, 0.4) is 0 Å². The van der Waals surface area contributed by atoms with Gasteiger partial charge >= 0.3 is 0 Å². The zero-order chi connectivity index (χ0) is 16.4. The second-order valence-electron chi connectivity index (χ2n) is 5.75. The van der Waals surface area contributed by atoms with Gasteiger partial charge in [0.25, 0.3) is 5.91 Å². The number of fused-ring (bicyclic) bond motifs is 1. The number of amides is 1. The summed E-state index contributed by atoms with van der Waals surface area (Å²) in [5.74, 6) is -0.861. The van der Waals surface area contributed by atoms with Crippen molar-refractivity contribution in [2.75, 3.05) is 5.32 Å². The maximum Gasteiger partial charge on any atom is 0.261 e. The average Bonchev–Trinajstić information content (AvgIpc) is 2.78. The molecule has 0 bridgehead atoms. The van der Waals surface area contributed by atoms with E-state index in [0.717, 1.165) is 11.1 Å². The number of hydrogen-bond acceptors (Lipinski definition) is 3. The minimum absolute atomic E-state index is 0.279. The number of allylic oxidation sites excluding steroid dienone is 1. The molecule has 116 valence electrons. The minimum Gasteiger partial charge on any atom is -0.375 e. The van der Waals surface area contributed by atoms with E-state index in [1.807, 2.05) is 43.3 Å². The van der Waals surface area contributed by atoms with Gasteiger partial charge in [0.1, 0.15) is 0 Å². The Hall–Kier alpha value is -2.72. The van der Waals surface area contributed by atoms with Crippen molar-refractivity contribution in [1.82, 2.24) is 0 Å². The summed E-state index contributed by atoms with van der Waals surface area (Å²) in [6, 6.07) is 14.7. The number of benzene rings is 2. The number of rotatable bonds is 4. The Morgan fingerprint density at radius 1 is 1.22 bits per heavy atom. The van der Waals surface area contributed by atoms with Gasteiger partial charge in [-0.2, -0.15) is 0 Å². The van der Waals surface area contributed by atoms with Gasteiger partial charge in [-0.25, -0.2) is 0 Å². The molecule has 0 aromatic heterocycles. The number of ketones is 1. The van der Waals surface area contributed by atoms with Crippen molar-refractivity contribution >= 4 is 23.5 Å². The highest BCUT2D eigenvalue weighted by atomic mass is 16.3. The lowest BCUT2D eigenvalue weighted by molar-refractivity contribution is -0.138. The molecule has 1 heterocycles. The van der Waals surface area contributed by atoms with Crippen molar-refractivity contribution < 1.29 is 14.7 Å². The lowest BCUT2D eigenvalue weighted by atomic mass is 9.89. The maximum absolute atomic E-state index is 12.2. The van der Waals surface area contributed by atoms with Gasteiger partial charge in [-0.15, -0.1) is 0 Å². The minimum atomic E-state index is -1.81. The van der Waals surface area contributed by atoms with E-state index >= 15 is 0 Å². The molecule has 0 fully saturated rings. The molecule has 1 amide bonds. The molecular weight excluding hydrogens is 290 g/mol. The van der Waals surface area contributed by atoms with Gasteiger partial charge in [0.15, 0.2) is 11.4 Å². The third kappa shape index (κ3) is 2.94. The monoisotopic (exact) mass is 307 g/mol. The Labute approximate surface area is 134 Å². The van der Waals surface area contributed by atoms with Crippen molar-refractivity contribution in [3.05, 3.63) is 71.3 Å². The van der Waals surface area contributed by atoms with Crippen LogP contribution in [0, 0.1) is 6.92 Å². The summed E-state index contributed by atoms with van der Waals surface area (Å²) in [6.45, 7) is 1.88. The lowest BCUT2D eigenvalue weighted by Gasteiger charge is -2.19. The number of aliphatic hydroxyl groups is 1. The maximum atomic E-state index is 12.2. The molecule has 0 saturated heterocycles. The summed E-state index contributed by atoms with van der Waals surface area (Å²) >= 11 is 0. The van der Waals surface area contributed by atoms with Crippen LogP contribution in [0.15, 0.2) is 54.6 Å². The number of carbonyl (C=O) groups is 2. The van der Waals surface area contributed by atoms with Crippen molar-refractivity contribution in [1.29, 1.82) is 0 Å². The first-order chi connectivity index (χ1) is 11.0. The van der Waals surface area contributed by atoms with Crippen LogP contribution in [-0.2, 0) is 15.2 Å². The van der Waals surface area contributed by atoms with Crippen LogP contribution in [0.25, 0.3) is 6.08 Å². The first kappa shape index (κ1) is 15.2. The average molecular weight is 307 g/mol. The van der Waals surface area contributed by atoms with Gasteiger partial charge < -0.3 is 10.4 Å². The van der Waals surface area contributed by atoms with Crippen LogP contribution >= 0.6 is 0 Å². The highest BCUT2D eigenvalue weighted by Crippen LogP contribution is 2.39. The molecule has 2 N–H and O–H groups in total. The Morgan fingerprint density at radius 3 is 2.70 bits per heavy atom. The fraction of sp³-hybridized carbons (Fsp3) is 0.158. The van der Waals surface area contributed by atoms with Crippen LogP contribution < -0.4 is 5.32 Å². The van der Waals surface area contributed by atoms with Gasteiger partial charge in [0, 0.05) is 11.3 Å². The third-order valence-electron chi connectivity index (χ3n) is 3.94. The largest absolute Gasteiger partial charge is 0.375 e. The van der Waals surface area contributed by atoms with Gasteiger partial charge in [0.2, 0.25) is 0 Å². The molecule has 4 nitrogen and oxygen atoms in total. The SMILES string of the molecule is Cc1ccc2c(c1)[C@](O)(CC(=O)/C=C/c1ccccc1)C(=O)N2. The van der Waals surface area contributed by atoms with Gasteiger partial charge in [0.05, 0.1) is 6.42 Å². The molecule has 23 heavy (non-hydrogen) atoms. The van der Waals surface area contributed by atoms with Crippen LogP contribution in [0.4, 0.5) is 5.69 Å².